The van der Waals surface area contributed by atoms with Crippen molar-refractivity contribution in [2.75, 3.05) is 19.0 Å². The minimum absolute atomic E-state index is 0.131. The van der Waals surface area contributed by atoms with E-state index in [2.05, 4.69) is 10.3 Å². The first-order chi connectivity index (χ1) is 10.2. The third-order valence-corrected chi connectivity index (χ3v) is 3.62. The lowest BCUT2D eigenvalue weighted by atomic mass is 10.2. The average molecular weight is 289 g/mol. The third kappa shape index (κ3) is 3.22. The summed E-state index contributed by atoms with van der Waals surface area (Å²) >= 11 is 0. The van der Waals surface area contributed by atoms with Crippen molar-refractivity contribution in [3.8, 4) is 0 Å². The van der Waals surface area contributed by atoms with Gasteiger partial charge in [0.05, 0.1) is 12.5 Å². The van der Waals surface area contributed by atoms with E-state index >= 15 is 0 Å². The Morgan fingerprint density at radius 2 is 2.38 bits per heavy atom. The molecule has 1 aromatic carbocycles. The second-order valence-electron chi connectivity index (χ2n) is 5.35. The normalized spacial score (nSPS) is 16.1. The van der Waals surface area contributed by atoms with Gasteiger partial charge in [-0.3, -0.25) is 4.79 Å². The fraction of sp³-hybridized carbons (Fsp3) is 0.467. The molecular formula is C15H19N3O3. The van der Waals surface area contributed by atoms with Gasteiger partial charge in [0.2, 0.25) is 5.91 Å². The van der Waals surface area contributed by atoms with Gasteiger partial charge in [-0.05, 0) is 25.0 Å². The zero-order chi connectivity index (χ0) is 14.8. The Morgan fingerprint density at radius 3 is 3.05 bits per heavy atom. The molecule has 6 heteroatoms. The lowest BCUT2D eigenvalue weighted by Gasteiger charge is -2.12. The zero-order valence-corrected chi connectivity index (χ0v) is 12.0. The molecule has 112 valence electrons. The highest BCUT2D eigenvalue weighted by molar-refractivity contribution is 5.93. The van der Waals surface area contributed by atoms with Crippen LogP contribution in [0, 0.1) is 0 Å². The molecule has 0 bridgehead atoms. The number of hydrogen-bond acceptors (Lipinski definition) is 5. The highest BCUT2D eigenvalue weighted by atomic mass is 16.5. The van der Waals surface area contributed by atoms with Crippen molar-refractivity contribution < 1.29 is 13.9 Å². The summed E-state index contributed by atoms with van der Waals surface area (Å²) in [4.78, 5) is 16.4. The van der Waals surface area contributed by atoms with Crippen LogP contribution in [-0.4, -0.2) is 30.6 Å². The molecule has 0 spiro atoms. The first-order valence-corrected chi connectivity index (χ1v) is 7.13. The molecule has 1 saturated carbocycles. The molecule has 1 aliphatic rings. The molecule has 1 atom stereocenters. The number of carbonyl (C=O) groups excluding carboxylic acids is 1. The number of nitrogens with two attached hydrogens (primary N) is 1. The van der Waals surface area contributed by atoms with Crippen LogP contribution in [0.3, 0.4) is 0 Å². The molecule has 1 aromatic heterocycles. The summed E-state index contributed by atoms with van der Waals surface area (Å²) in [5.41, 5.74) is 7.73. The van der Waals surface area contributed by atoms with Crippen molar-refractivity contribution in [1.82, 2.24) is 4.98 Å². The topological polar surface area (TPSA) is 90.4 Å². The molecule has 0 saturated heterocycles. The monoisotopic (exact) mass is 289 g/mol. The van der Waals surface area contributed by atoms with Crippen LogP contribution in [0.1, 0.15) is 31.1 Å². The van der Waals surface area contributed by atoms with E-state index in [1.54, 1.807) is 13.2 Å². The minimum Gasteiger partial charge on any atom is -0.440 e. The van der Waals surface area contributed by atoms with Gasteiger partial charge in [0, 0.05) is 31.3 Å². The maximum atomic E-state index is 11.9. The van der Waals surface area contributed by atoms with Crippen LogP contribution in [0.15, 0.2) is 22.6 Å². The van der Waals surface area contributed by atoms with Crippen molar-refractivity contribution in [3.05, 3.63) is 24.1 Å². The molecule has 21 heavy (non-hydrogen) atoms. The number of ether oxygens (including phenoxy) is 1. The number of anilines is 1. The number of nitrogens with zero attached hydrogens (tertiary/aromatic N) is 1. The minimum atomic E-state index is -0.263. The number of carbonyl (C=O) groups is 1. The molecule has 1 fully saturated rings. The molecule has 1 heterocycles. The molecule has 0 radical (unpaired) electrons. The number of benzene rings is 1. The number of aromatic nitrogens is 1. The van der Waals surface area contributed by atoms with Crippen molar-refractivity contribution >= 4 is 22.7 Å². The number of fused-ring (bicyclic) bond motifs is 1. The van der Waals surface area contributed by atoms with Crippen LogP contribution in [0.4, 0.5) is 5.69 Å². The number of methoxy groups -OCH3 is 1. The van der Waals surface area contributed by atoms with E-state index in [4.69, 9.17) is 14.9 Å². The molecule has 1 amide bonds. The van der Waals surface area contributed by atoms with Gasteiger partial charge in [0.25, 0.3) is 0 Å². The summed E-state index contributed by atoms with van der Waals surface area (Å²) in [6.07, 6.45) is 2.26. The van der Waals surface area contributed by atoms with Crippen LogP contribution in [0.5, 0.6) is 0 Å². The lowest BCUT2D eigenvalue weighted by molar-refractivity contribution is -0.118. The van der Waals surface area contributed by atoms with E-state index in [1.807, 2.05) is 12.1 Å². The van der Waals surface area contributed by atoms with E-state index in [1.165, 1.54) is 0 Å². The molecule has 1 unspecified atom stereocenters. The second kappa shape index (κ2) is 5.83. The number of amides is 1. The molecule has 2 aromatic rings. The Balaban J connectivity index is 1.70. The van der Waals surface area contributed by atoms with Crippen molar-refractivity contribution in [2.45, 2.75) is 31.3 Å². The van der Waals surface area contributed by atoms with Gasteiger partial charge in [0.1, 0.15) is 5.52 Å². The van der Waals surface area contributed by atoms with Gasteiger partial charge in [-0.25, -0.2) is 4.98 Å². The van der Waals surface area contributed by atoms with Crippen LogP contribution < -0.4 is 11.1 Å². The van der Waals surface area contributed by atoms with Crippen LogP contribution in [0.2, 0.25) is 0 Å². The Labute approximate surface area is 122 Å². The summed E-state index contributed by atoms with van der Waals surface area (Å²) < 4.78 is 10.8. The van der Waals surface area contributed by atoms with E-state index < -0.39 is 0 Å². The van der Waals surface area contributed by atoms with Crippen LogP contribution in [-0.2, 0) is 9.53 Å². The highest BCUT2D eigenvalue weighted by Crippen LogP contribution is 2.40. The van der Waals surface area contributed by atoms with E-state index in [9.17, 15) is 4.79 Å². The van der Waals surface area contributed by atoms with Crippen molar-refractivity contribution in [1.29, 1.82) is 0 Å². The number of hydrogen-bond donors (Lipinski definition) is 2. The van der Waals surface area contributed by atoms with Gasteiger partial charge in [-0.15, -0.1) is 0 Å². The standard InChI is InChI=1S/C15H19N3O3/c1-20-11(8-16)7-14(19)17-10-4-5-12-13(6-10)21-15(18-12)9-2-3-9/h4-6,9,11H,2-3,7-8,16H2,1H3,(H,17,19). The third-order valence-electron chi connectivity index (χ3n) is 3.62. The first-order valence-electron chi connectivity index (χ1n) is 7.13. The molecule has 6 nitrogen and oxygen atoms in total. The van der Waals surface area contributed by atoms with E-state index in [0.717, 1.165) is 24.2 Å². The van der Waals surface area contributed by atoms with Gasteiger partial charge >= 0.3 is 0 Å². The predicted octanol–water partition coefficient (Wildman–Crippen LogP) is 2.01. The Morgan fingerprint density at radius 1 is 1.57 bits per heavy atom. The molecule has 3 rings (SSSR count). The Hall–Kier alpha value is -1.92. The number of oxazole rings is 1. The summed E-state index contributed by atoms with van der Waals surface area (Å²) in [6, 6.07) is 5.48. The van der Waals surface area contributed by atoms with Crippen molar-refractivity contribution in [2.24, 2.45) is 5.73 Å². The van der Waals surface area contributed by atoms with Crippen molar-refractivity contribution in [3.63, 3.8) is 0 Å². The highest BCUT2D eigenvalue weighted by Gasteiger charge is 2.28. The maximum Gasteiger partial charge on any atom is 0.227 e. The number of nitrogens with one attached hydrogen (secondary N) is 1. The summed E-state index contributed by atoms with van der Waals surface area (Å²) in [5.74, 6) is 1.15. The second-order valence-corrected chi connectivity index (χ2v) is 5.35. The fourth-order valence-electron chi connectivity index (χ4n) is 2.21. The maximum absolute atomic E-state index is 11.9. The summed E-state index contributed by atoms with van der Waals surface area (Å²) in [6.45, 7) is 0.315. The van der Waals surface area contributed by atoms with Gasteiger partial charge < -0.3 is 20.2 Å². The van der Waals surface area contributed by atoms with E-state index in [-0.39, 0.29) is 18.4 Å². The number of rotatable bonds is 6. The Kier molecular flexibility index (Phi) is 3.90. The van der Waals surface area contributed by atoms with E-state index in [0.29, 0.717) is 23.7 Å². The smallest absolute Gasteiger partial charge is 0.227 e. The molecule has 3 N–H and O–H groups in total. The largest absolute Gasteiger partial charge is 0.440 e. The SMILES string of the molecule is COC(CN)CC(=O)Nc1ccc2nc(C3CC3)oc2c1. The quantitative estimate of drug-likeness (QED) is 0.849. The predicted molar refractivity (Wildman–Crippen MR) is 79.1 cm³/mol. The zero-order valence-electron chi connectivity index (χ0n) is 12.0. The van der Waals surface area contributed by atoms with Gasteiger partial charge in [-0.2, -0.15) is 0 Å². The van der Waals surface area contributed by atoms with Gasteiger partial charge in [-0.1, -0.05) is 0 Å². The average Bonchev–Trinajstić information content (AvgIpc) is 3.24. The Bertz CT molecular complexity index is 645. The van der Waals surface area contributed by atoms with Crippen LogP contribution >= 0.6 is 0 Å². The molecular weight excluding hydrogens is 270 g/mol. The first kappa shape index (κ1) is 14.0. The molecule has 1 aliphatic carbocycles. The molecule has 0 aliphatic heterocycles. The van der Waals surface area contributed by atoms with Gasteiger partial charge in [0.15, 0.2) is 11.5 Å². The lowest BCUT2D eigenvalue weighted by Crippen LogP contribution is -2.28. The summed E-state index contributed by atoms with van der Waals surface area (Å²) in [7, 11) is 1.55. The van der Waals surface area contributed by atoms with Crippen LogP contribution in [0.25, 0.3) is 11.1 Å². The fourth-order valence-corrected chi connectivity index (χ4v) is 2.21. The summed E-state index contributed by atoms with van der Waals surface area (Å²) in [5, 5.41) is 2.83.